The van der Waals surface area contributed by atoms with Crippen molar-refractivity contribution in [3.05, 3.63) is 59.7 Å². The molecule has 0 spiro atoms. The summed E-state index contributed by atoms with van der Waals surface area (Å²) in [5.74, 6) is 0.541. The van der Waals surface area contributed by atoms with Crippen molar-refractivity contribution in [3.63, 3.8) is 0 Å². The average Bonchev–Trinajstić information content (AvgIpc) is 2.73. The molecule has 0 saturated carbocycles. The first-order chi connectivity index (χ1) is 14.2. The van der Waals surface area contributed by atoms with E-state index >= 15 is 0 Å². The Hall–Kier alpha value is -1.69. The molecule has 0 aliphatic carbocycles. The molecule has 0 radical (unpaired) electrons. The van der Waals surface area contributed by atoms with E-state index in [-0.39, 0.29) is 22.0 Å². The Morgan fingerprint density at radius 3 is 1.52 bits per heavy atom. The van der Waals surface area contributed by atoms with E-state index in [0.29, 0.717) is 26.4 Å². The van der Waals surface area contributed by atoms with Crippen LogP contribution < -0.4 is 0 Å². The van der Waals surface area contributed by atoms with Crippen LogP contribution in [0.3, 0.4) is 0 Å². The van der Waals surface area contributed by atoms with Gasteiger partial charge in [-0.25, -0.2) is 0 Å². The third kappa shape index (κ3) is 7.92. The van der Waals surface area contributed by atoms with Gasteiger partial charge in [-0.1, -0.05) is 63.1 Å². The van der Waals surface area contributed by atoms with Crippen molar-refractivity contribution in [2.75, 3.05) is 26.4 Å². The van der Waals surface area contributed by atoms with Gasteiger partial charge in [-0.3, -0.25) is 0 Å². The zero-order chi connectivity index (χ0) is 20.9. The van der Waals surface area contributed by atoms with Crippen LogP contribution in [0.4, 0.5) is 0 Å². The topological polar surface area (TPSA) is 58.9 Å². The fraction of sp³-hybridized carbons (Fsp3) is 0.500. The van der Waals surface area contributed by atoms with Gasteiger partial charge < -0.3 is 19.7 Å². The molecule has 0 heterocycles. The summed E-state index contributed by atoms with van der Waals surface area (Å²) in [5, 5.41) is 20.7. The summed E-state index contributed by atoms with van der Waals surface area (Å²) in [4.78, 5) is 0. The lowest BCUT2D eigenvalue weighted by atomic mass is 10.1. The van der Waals surface area contributed by atoms with Crippen molar-refractivity contribution in [3.8, 4) is 11.5 Å². The molecule has 0 fully saturated rings. The Bertz CT molecular complexity index is 647. The van der Waals surface area contributed by atoms with Crippen molar-refractivity contribution in [1.82, 2.24) is 0 Å². The fourth-order valence-corrected chi connectivity index (χ4v) is 4.43. The quantitative estimate of drug-likeness (QED) is 0.355. The van der Waals surface area contributed by atoms with E-state index in [1.807, 2.05) is 36.4 Å². The highest BCUT2D eigenvalue weighted by Gasteiger charge is 2.24. The molecule has 160 valence electrons. The van der Waals surface area contributed by atoms with Crippen LogP contribution >= 0.6 is 11.8 Å². The highest BCUT2D eigenvalue weighted by molar-refractivity contribution is 7.99. The number of benzene rings is 2. The van der Waals surface area contributed by atoms with Crippen LogP contribution in [0.2, 0.25) is 0 Å². The lowest BCUT2D eigenvalue weighted by molar-refractivity contribution is 0.127. The minimum Gasteiger partial charge on any atom is -0.508 e. The second kappa shape index (κ2) is 13.5. The first kappa shape index (κ1) is 23.6. The second-order valence-electron chi connectivity index (χ2n) is 7.09. The maximum atomic E-state index is 10.4. The highest BCUT2D eigenvalue weighted by atomic mass is 32.2. The molecule has 0 amide bonds. The molecule has 0 saturated heterocycles. The van der Waals surface area contributed by atoms with Crippen LogP contribution in [0.1, 0.15) is 61.2 Å². The molecule has 2 atom stereocenters. The van der Waals surface area contributed by atoms with Crippen LogP contribution in [0.15, 0.2) is 48.5 Å². The van der Waals surface area contributed by atoms with E-state index in [4.69, 9.17) is 9.47 Å². The molecule has 0 aliphatic rings. The Balaban J connectivity index is 2.20. The zero-order valence-electron chi connectivity index (χ0n) is 17.5. The van der Waals surface area contributed by atoms with Gasteiger partial charge in [-0.15, -0.1) is 11.8 Å². The van der Waals surface area contributed by atoms with E-state index < -0.39 is 0 Å². The van der Waals surface area contributed by atoms with E-state index in [1.165, 1.54) is 0 Å². The molecule has 2 aromatic carbocycles. The normalized spacial score (nSPS) is 13.3. The van der Waals surface area contributed by atoms with Gasteiger partial charge in [-0.2, -0.15) is 0 Å². The van der Waals surface area contributed by atoms with Crippen molar-refractivity contribution < 1.29 is 19.7 Å². The van der Waals surface area contributed by atoms with Crippen LogP contribution in [-0.2, 0) is 9.47 Å². The molecule has 29 heavy (non-hydrogen) atoms. The zero-order valence-corrected chi connectivity index (χ0v) is 18.4. The van der Waals surface area contributed by atoms with Gasteiger partial charge >= 0.3 is 0 Å². The molecule has 5 heteroatoms. The summed E-state index contributed by atoms with van der Waals surface area (Å²) in [6.07, 6.45) is 4.20. The average molecular weight is 419 g/mol. The number of aromatic hydroxyl groups is 2. The van der Waals surface area contributed by atoms with Gasteiger partial charge in [0, 0.05) is 24.3 Å². The molecule has 2 aromatic rings. The monoisotopic (exact) mass is 418 g/mol. The number of hydrogen-bond donors (Lipinski definition) is 2. The van der Waals surface area contributed by atoms with Gasteiger partial charge in [0.25, 0.3) is 0 Å². The molecule has 2 N–H and O–H groups in total. The van der Waals surface area contributed by atoms with Crippen LogP contribution in [0.25, 0.3) is 0 Å². The lowest BCUT2D eigenvalue weighted by Crippen LogP contribution is -2.12. The molecule has 0 aromatic heterocycles. The number of unbranched alkanes of at least 4 members (excludes halogenated alkanes) is 2. The van der Waals surface area contributed by atoms with Crippen LogP contribution in [0, 0.1) is 0 Å². The molecule has 2 unspecified atom stereocenters. The molecular formula is C24H34O4S. The lowest BCUT2D eigenvalue weighted by Gasteiger charge is -2.25. The Morgan fingerprint density at radius 2 is 1.14 bits per heavy atom. The molecule has 2 rings (SSSR count). The number of thioether (sulfide) groups is 1. The minimum atomic E-state index is -0.0626. The predicted octanol–water partition coefficient (Wildman–Crippen LogP) is 6.25. The molecule has 4 nitrogen and oxygen atoms in total. The maximum absolute atomic E-state index is 10.4. The first-order valence-corrected chi connectivity index (χ1v) is 11.5. The van der Waals surface area contributed by atoms with Crippen LogP contribution in [-0.4, -0.2) is 36.6 Å². The Labute approximate surface area is 179 Å². The Kier molecular flexibility index (Phi) is 11.0. The summed E-state index contributed by atoms with van der Waals surface area (Å²) in [7, 11) is 0. The van der Waals surface area contributed by atoms with Crippen molar-refractivity contribution in [1.29, 1.82) is 0 Å². The molecular weight excluding hydrogens is 384 g/mol. The van der Waals surface area contributed by atoms with Gasteiger partial charge in [0.15, 0.2) is 0 Å². The van der Waals surface area contributed by atoms with Gasteiger partial charge in [0.1, 0.15) is 11.5 Å². The molecule has 0 aliphatic heterocycles. The van der Waals surface area contributed by atoms with E-state index in [2.05, 4.69) is 13.8 Å². The number of ether oxygens (including phenoxy) is 2. The Morgan fingerprint density at radius 1 is 0.724 bits per heavy atom. The number of hydrogen-bond acceptors (Lipinski definition) is 5. The number of phenolic OH excluding ortho intramolecular Hbond substituents is 2. The second-order valence-corrected chi connectivity index (χ2v) is 8.50. The largest absolute Gasteiger partial charge is 0.508 e. The van der Waals surface area contributed by atoms with E-state index in [1.54, 1.807) is 23.9 Å². The maximum Gasteiger partial charge on any atom is 0.119 e. The minimum absolute atomic E-state index is 0.0626. The van der Waals surface area contributed by atoms with Crippen molar-refractivity contribution in [2.45, 2.75) is 50.0 Å². The SMILES string of the molecule is CCCCOCC(SC(COCCCC)c1ccccc1O)c1ccccc1O. The third-order valence-corrected chi connectivity index (χ3v) is 6.16. The van der Waals surface area contributed by atoms with Gasteiger partial charge in [-0.05, 0) is 25.0 Å². The van der Waals surface area contributed by atoms with Crippen molar-refractivity contribution in [2.24, 2.45) is 0 Å². The number of rotatable bonds is 14. The predicted molar refractivity (Wildman–Crippen MR) is 121 cm³/mol. The number of phenols is 2. The molecule has 0 bridgehead atoms. The van der Waals surface area contributed by atoms with Gasteiger partial charge in [0.2, 0.25) is 0 Å². The summed E-state index contributed by atoms with van der Waals surface area (Å²) < 4.78 is 11.8. The fourth-order valence-electron chi connectivity index (χ4n) is 3.00. The third-order valence-electron chi connectivity index (χ3n) is 4.72. The van der Waals surface area contributed by atoms with E-state index in [9.17, 15) is 10.2 Å². The van der Waals surface area contributed by atoms with E-state index in [0.717, 1.165) is 36.8 Å². The van der Waals surface area contributed by atoms with Crippen LogP contribution in [0.5, 0.6) is 11.5 Å². The number of para-hydroxylation sites is 2. The smallest absolute Gasteiger partial charge is 0.119 e. The summed E-state index contributed by atoms with van der Waals surface area (Å²) in [5.41, 5.74) is 1.70. The standard InChI is InChI=1S/C24H34O4S/c1-3-5-15-27-17-23(19-11-7-9-13-21(19)25)29-24(18-28-16-6-4-2)20-12-8-10-14-22(20)26/h7-14,23-26H,3-6,15-18H2,1-2H3. The summed E-state index contributed by atoms with van der Waals surface area (Å²) >= 11 is 1.67. The summed E-state index contributed by atoms with van der Waals surface area (Å²) in [6, 6.07) is 14.8. The van der Waals surface area contributed by atoms with Gasteiger partial charge in [0.05, 0.1) is 23.7 Å². The summed E-state index contributed by atoms with van der Waals surface area (Å²) in [6.45, 7) is 6.69. The van der Waals surface area contributed by atoms with Crippen molar-refractivity contribution >= 4 is 11.8 Å². The first-order valence-electron chi connectivity index (χ1n) is 10.5. The highest BCUT2D eigenvalue weighted by Crippen LogP contribution is 2.45.